The Morgan fingerprint density at radius 3 is 2.53 bits per heavy atom. The van der Waals surface area contributed by atoms with Crippen LogP contribution >= 0.6 is 0 Å². The first kappa shape index (κ1) is 10.9. The van der Waals surface area contributed by atoms with Gasteiger partial charge in [-0.15, -0.1) is 0 Å². The van der Waals surface area contributed by atoms with Crippen LogP contribution < -0.4 is 5.32 Å². The van der Waals surface area contributed by atoms with Gasteiger partial charge in [0.15, 0.2) is 0 Å². The minimum Gasteiger partial charge on any atom is -0.480 e. The molecular formula is C11H20N2O2. The van der Waals surface area contributed by atoms with Crippen LogP contribution in [0.5, 0.6) is 0 Å². The van der Waals surface area contributed by atoms with Crippen LogP contribution in [0.15, 0.2) is 0 Å². The number of carboxylic acid groups (broad SMARTS) is 1. The molecule has 1 aliphatic carbocycles. The van der Waals surface area contributed by atoms with Crippen molar-refractivity contribution in [2.24, 2.45) is 5.92 Å². The molecule has 2 N–H and O–H groups in total. The summed E-state index contributed by atoms with van der Waals surface area (Å²) in [7, 11) is 0. The Morgan fingerprint density at radius 2 is 2.07 bits per heavy atom. The maximum Gasteiger partial charge on any atom is 0.323 e. The van der Waals surface area contributed by atoms with Crippen LogP contribution in [0.2, 0.25) is 0 Å². The Hall–Kier alpha value is -0.610. The number of nitrogens with one attached hydrogen (secondary N) is 1. The Kier molecular flexibility index (Phi) is 2.98. The fourth-order valence-electron chi connectivity index (χ4n) is 2.39. The number of carboxylic acids is 1. The van der Waals surface area contributed by atoms with E-state index in [9.17, 15) is 9.90 Å². The van der Waals surface area contributed by atoms with Gasteiger partial charge in [0, 0.05) is 26.2 Å². The highest BCUT2D eigenvalue weighted by Gasteiger charge is 2.43. The molecule has 0 bridgehead atoms. The second kappa shape index (κ2) is 4.10. The average molecular weight is 212 g/mol. The van der Waals surface area contributed by atoms with Gasteiger partial charge in [-0.1, -0.05) is 12.8 Å². The van der Waals surface area contributed by atoms with Gasteiger partial charge in [0.2, 0.25) is 0 Å². The number of piperazine rings is 1. The van der Waals surface area contributed by atoms with Crippen molar-refractivity contribution in [3.05, 3.63) is 0 Å². The summed E-state index contributed by atoms with van der Waals surface area (Å²) >= 11 is 0. The molecule has 2 aliphatic rings. The third kappa shape index (κ3) is 2.32. The Bertz CT molecular complexity index is 247. The molecule has 0 amide bonds. The molecule has 4 heteroatoms. The molecule has 0 aromatic rings. The van der Waals surface area contributed by atoms with E-state index < -0.39 is 11.5 Å². The van der Waals surface area contributed by atoms with Gasteiger partial charge in [-0.25, -0.2) is 0 Å². The first-order chi connectivity index (χ1) is 7.13. The van der Waals surface area contributed by atoms with Gasteiger partial charge in [0.1, 0.15) is 5.54 Å². The fourth-order valence-corrected chi connectivity index (χ4v) is 2.39. The van der Waals surface area contributed by atoms with E-state index in [0.29, 0.717) is 5.92 Å². The van der Waals surface area contributed by atoms with Crippen molar-refractivity contribution in [2.75, 3.05) is 26.2 Å². The molecule has 1 saturated carbocycles. The molecule has 1 unspecified atom stereocenters. The molecule has 2 rings (SSSR count). The lowest BCUT2D eigenvalue weighted by Crippen LogP contribution is -2.58. The summed E-state index contributed by atoms with van der Waals surface area (Å²) in [5.74, 6) is -0.00251. The summed E-state index contributed by atoms with van der Waals surface area (Å²) in [5.41, 5.74) is -0.636. The molecule has 0 aromatic carbocycles. The third-order valence-corrected chi connectivity index (χ3v) is 3.66. The zero-order chi connectivity index (χ0) is 10.9. The predicted molar refractivity (Wildman–Crippen MR) is 57.8 cm³/mol. The van der Waals surface area contributed by atoms with E-state index in [1.54, 1.807) is 0 Å². The average Bonchev–Trinajstić information content (AvgIpc) is 3.02. The third-order valence-electron chi connectivity index (χ3n) is 3.66. The van der Waals surface area contributed by atoms with Crippen LogP contribution in [0.4, 0.5) is 0 Å². The van der Waals surface area contributed by atoms with Crippen molar-refractivity contribution >= 4 is 5.97 Å². The van der Waals surface area contributed by atoms with Crippen LogP contribution in [-0.2, 0) is 4.79 Å². The fraction of sp³-hybridized carbons (Fsp3) is 0.909. The maximum absolute atomic E-state index is 11.4. The van der Waals surface area contributed by atoms with E-state index in [0.717, 1.165) is 32.6 Å². The zero-order valence-electron chi connectivity index (χ0n) is 9.33. The molecule has 1 aliphatic heterocycles. The Morgan fingerprint density at radius 1 is 1.47 bits per heavy atom. The molecule has 15 heavy (non-hydrogen) atoms. The van der Waals surface area contributed by atoms with Crippen LogP contribution in [0, 0.1) is 5.92 Å². The van der Waals surface area contributed by atoms with Crippen LogP contribution in [0.3, 0.4) is 0 Å². The topological polar surface area (TPSA) is 52.6 Å². The second-order valence-corrected chi connectivity index (χ2v) is 4.96. The van der Waals surface area contributed by atoms with Gasteiger partial charge in [0.05, 0.1) is 0 Å². The molecule has 0 spiro atoms. The van der Waals surface area contributed by atoms with E-state index >= 15 is 0 Å². The molecule has 1 saturated heterocycles. The summed E-state index contributed by atoms with van der Waals surface area (Å²) in [6.45, 7) is 5.42. The summed E-state index contributed by atoms with van der Waals surface area (Å²) < 4.78 is 0. The SMILES string of the molecule is CC(CC1CC1)(C(=O)O)N1CCNCC1. The summed E-state index contributed by atoms with van der Waals surface area (Å²) in [6, 6.07) is 0. The molecule has 1 atom stereocenters. The molecule has 4 nitrogen and oxygen atoms in total. The van der Waals surface area contributed by atoms with Crippen LogP contribution in [-0.4, -0.2) is 47.7 Å². The van der Waals surface area contributed by atoms with E-state index in [-0.39, 0.29) is 0 Å². The summed E-state index contributed by atoms with van der Waals surface area (Å²) in [4.78, 5) is 13.6. The maximum atomic E-state index is 11.4. The first-order valence-corrected chi connectivity index (χ1v) is 5.82. The lowest BCUT2D eigenvalue weighted by molar-refractivity contribution is -0.151. The number of rotatable bonds is 4. The van der Waals surface area contributed by atoms with Crippen molar-refractivity contribution in [3.8, 4) is 0 Å². The van der Waals surface area contributed by atoms with Gasteiger partial charge in [-0.05, 0) is 19.3 Å². The minimum atomic E-state index is -0.656. The Labute approximate surface area is 90.6 Å². The van der Waals surface area contributed by atoms with Crippen molar-refractivity contribution < 1.29 is 9.90 Å². The molecule has 0 aromatic heterocycles. The lowest BCUT2D eigenvalue weighted by Gasteiger charge is -2.40. The van der Waals surface area contributed by atoms with Gasteiger partial charge in [-0.2, -0.15) is 0 Å². The highest BCUT2D eigenvalue weighted by Crippen LogP contribution is 2.39. The number of carbonyl (C=O) groups is 1. The van der Waals surface area contributed by atoms with Crippen LogP contribution in [0.1, 0.15) is 26.2 Å². The first-order valence-electron chi connectivity index (χ1n) is 5.82. The number of hydrogen-bond acceptors (Lipinski definition) is 3. The number of hydrogen-bond donors (Lipinski definition) is 2. The van der Waals surface area contributed by atoms with Gasteiger partial charge >= 0.3 is 5.97 Å². The van der Waals surface area contributed by atoms with Gasteiger partial charge in [-0.3, -0.25) is 9.69 Å². The molecular weight excluding hydrogens is 192 g/mol. The van der Waals surface area contributed by atoms with Crippen LogP contribution in [0.25, 0.3) is 0 Å². The Balaban J connectivity index is 2.04. The van der Waals surface area contributed by atoms with Crippen molar-refractivity contribution in [2.45, 2.75) is 31.7 Å². The highest BCUT2D eigenvalue weighted by atomic mass is 16.4. The smallest absolute Gasteiger partial charge is 0.323 e. The number of aliphatic carboxylic acids is 1. The van der Waals surface area contributed by atoms with E-state index in [1.807, 2.05) is 6.92 Å². The molecule has 0 radical (unpaired) electrons. The summed E-state index contributed by atoms with van der Waals surface area (Å²) in [5, 5.41) is 12.7. The molecule has 86 valence electrons. The minimum absolute atomic E-state index is 0.636. The standard InChI is InChI=1S/C11H20N2O2/c1-11(10(14)15,8-9-2-3-9)13-6-4-12-5-7-13/h9,12H,2-8H2,1H3,(H,14,15). The largest absolute Gasteiger partial charge is 0.480 e. The van der Waals surface area contributed by atoms with E-state index in [4.69, 9.17) is 0 Å². The number of nitrogens with zero attached hydrogens (tertiary/aromatic N) is 1. The zero-order valence-corrected chi connectivity index (χ0v) is 9.33. The lowest BCUT2D eigenvalue weighted by atomic mass is 9.92. The van der Waals surface area contributed by atoms with Crippen molar-refractivity contribution in [3.63, 3.8) is 0 Å². The normalized spacial score (nSPS) is 27.3. The quantitative estimate of drug-likeness (QED) is 0.714. The molecule has 1 heterocycles. The van der Waals surface area contributed by atoms with Gasteiger partial charge in [0.25, 0.3) is 0 Å². The predicted octanol–water partition coefficient (Wildman–Crippen LogP) is 0.535. The highest BCUT2D eigenvalue weighted by molar-refractivity contribution is 5.78. The van der Waals surface area contributed by atoms with Crippen molar-refractivity contribution in [1.82, 2.24) is 10.2 Å². The van der Waals surface area contributed by atoms with Gasteiger partial charge < -0.3 is 10.4 Å². The summed E-state index contributed by atoms with van der Waals surface area (Å²) in [6.07, 6.45) is 3.26. The molecule has 2 fully saturated rings. The monoisotopic (exact) mass is 212 g/mol. The second-order valence-electron chi connectivity index (χ2n) is 4.96. The van der Waals surface area contributed by atoms with Crippen molar-refractivity contribution in [1.29, 1.82) is 0 Å². The van der Waals surface area contributed by atoms with E-state index in [2.05, 4.69) is 10.2 Å². The van der Waals surface area contributed by atoms with E-state index in [1.165, 1.54) is 12.8 Å².